The number of nitrogen functional groups attached to an aromatic ring is 1. The fourth-order valence-electron chi connectivity index (χ4n) is 10.8. The van der Waals surface area contributed by atoms with Crippen LogP contribution in [-0.4, -0.2) is 138 Å². The number of aromatic nitrogens is 6. The highest BCUT2D eigenvalue weighted by atomic mass is 32.1. The van der Waals surface area contributed by atoms with Crippen molar-refractivity contribution < 1.29 is 43.4 Å². The van der Waals surface area contributed by atoms with Gasteiger partial charge in [0.15, 0.2) is 5.69 Å². The fourth-order valence-corrected chi connectivity index (χ4v) is 17.5. The van der Waals surface area contributed by atoms with Gasteiger partial charge in [0.1, 0.15) is 47.0 Å². The first-order valence-corrected chi connectivity index (χ1v) is 39.4. The van der Waals surface area contributed by atoms with Gasteiger partial charge in [-0.15, -0.1) is 68.0 Å². The Morgan fingerprint density at radius 2 is 0.990 bits per heavy atom. The number of hydrogen-bond donors (Lipinski definition) is 11. The number of carbonyl (C=O) groups is 7. The highest BCUT2D eigenvalue weighted by molar-refractivity contribution is 7.20. The minimum atomic E-state index is -1.09. The number of ether oxygens (including phenoxy) is 1. The Morgan fingerprint density at radius 3 is 1.41 bits per heavy atom. The molecule has 0 bridgehead atoms. The van der Waals surface area contributed by atoms with Gasteiger partial charge in [0.05, 0.1) is 36.0 Å². The molecule has 0 radical (unpaired) electrons. The Balaban J connectivity index is 0.000000172. The first kappa shape index (κ1) is 79.3. The van der Waals surface area contributed by atoms with E-state index in [0.717, 1.165) is 92.3 Å². The molecular formula is C72H89N17O9S6. The highest BCUT2D eigenvalue weighted by Gasteiger charge is 2.33. The maximum absolute atomic E-state index is 12.7. The summed E-state index contributed by atoms with van der Waals surface area (Å²) in [6, 6.07) is 11.7. The lowest BCUT2D eigenvalue weighted by Crippen LogP contribution is -2.39. The molecule has 0 saturated carbocycles. The zero-order valence-electron chi connectivity index (χ0n) is 59.6. The molecule has 11 heterocycles. The number of aromatic carboxylic acids is 1. The molecular weight excluding hydrogens is 1440 g/mol. The highest BCUT2D eigenvalue weighted by Crippen LogP contribution is 2.48. The average Bonchev–Trinajstić information content (AvgIpc) is 1.08. The van der Waals surface area contributed by atoms with Crippen molar-refractivity contribution in [3.8, 4) is 31.7 Å². The largest absolute Gasteiger partial charge is 0.476 e. The van der Waals surface area contributed by atoms with Gasteiger partial charge in [-0.1, -0.05) is 41.5 Å². The van der Waals surface area contributed by atoms with Gasteiger partial charge in [0, 0.05) is 142 Å². The topological polar surface area (TPSA) is 364 Å². The number of nitrogens with one attached hydrogen (secondary N) is 9. The SMILES string of the molecule is CC(C)NCCC(=O)Nc1sc2c(c1-c1nc(C(=O)Nc3cccnc3)cs1)CCCC2.CC(C)NCCC(=O)Nc1sc2c(c1-c1nc(C(=O)Nc3cccnc3)cs1)CCNC2.CC(C)NCCC(=O)Nc1sc2c(c1-c1nc(C(=O)O)cs1)CCN(C(=O)OC(C)(C)C)C2.Nc1cccnc1. The Morgan fingerprint density at radius 1 is 0.558 bits per heavy atom. The third-order valence-electron chi connectivity index (χ3n) is 15.6. The van der Waals surface area contributed by atoms with Crippen molar-refractivity contribution in [2.24, 2.45) is 0 Å². The molecule has 0 fully saturated rings. The number of fused-ring (bicyclic) bond motifs is 3. The van der Waals surface area contributed by atoms with Crippen LogP contribution >= 0.6 is 68.0 Å². The number of pyridine rings is 3. The van der Waals surface area contributed by atoms with Crippen LogP contribution in [0.1, 0.15) is 157 Å². The van der Waals surface area contributed by atoms with Crippen LogP contribution in [0, 0.1) is 0 Å². The number of carbonyl (C=O) groups excluding carboxylic acids is 6. The van der Waals surface area contributed by atoms with Crippen LogP contribution in [0.2, 0.25) is 0 Å². The summed E-state index contributed by atoms with van der Waals surface area (Å²) in [6.07, 6.45) is 16.3. The molecule has 9 aromatic heterocycles. The lowest BCUT2D eigenvalue weighted by molar-refractivity contribution is -0.116. The molecule has 32 heteroatoms. The molecule has 0 unspecified atom stereocenters. The van der Waals surface area contributed by atoms with Gasteiger partial charge in [-0.3, -0.25) is 38.9 Å². The lowest BCUT2D eigenvalue weighted by Gasteiger charge is -2.30. The van der Waals surface area contributed by atoms with Crippen molar-refractivity contribution in [3.63, 3.8) is 0 Å². The smallest absolute Gasteiger partial charge is 0.410 e. The maximum atomic E-state index is 12.7. The molecule has 0 spiro atoms. The molecule has 0 saturated heterocycles. The fraction of sp³-hybridized carbons (Fsp3) is 0.403. The summed E-state index contributed by atoms with van der Waals surface area (Å²) in [6.45, 7) is 22.1. The summed E-state index contributed by atoms with van der Waals surface area (Å²) in [5.74, 6) is -1.82. The van der Waals surface area contributed by atoms with E-state index in [1.165, 1.54) is 71.6 Å². The van der Waals surface area contributed by atoms with Gasteiger partial charge in [-0.2, -0.15) is 0 Å². The molecule has 26 nitrogen and oxygen atoms in total. The van der Waals surface area contributed by atoms with Crippen molar-refractivity contribution in [2.45, 2.75) is 157 Å². The Kier molecular flexibility index (Phi) is 29.2. The van der Waals surface area contributed by atoms with Crippen LogP contribution in [0.25, 0.3) is 31.7 Å². The number of nitrogens with zero attached hydrogens (tertiary/aromatic N) is 7. The normalized spacial score (nSPS) is 13.0. The third kappa shape index (κ3) is 23.3. The molecule has 6 amide bonds. The molecule has 0 aromatic carbocycles. The number of anilines is 6. The minimum absolute atomic E-state index is 0.0101. The minimum Gasteiger partial charge on any atom is -0.476 e. The van der Waals surface area contributed by atoms with E-state index < -0.39 is 11.6 Å². The van der Waals surface area contributed by atoms with E-state index >= 15 is 0 Å². The van der Waals surface area contributed by atoms with Crippen molar-refractivity contribution in [1.29, 1.82) is 0 Å². The molecule has 104 heavy (non-hydrogen) atoms. The number of rotatable bonds is 23. The summed E-state index contributed by atoms with van der Waals surface area (Å²) < 4.78 is 5.51. The number of thiazole rings is 3. The quantitative estimate of drug-likeness (QED) is 0.0283. The number of carboxylic acid groups (broad SMARTS) is 1. The first-order chi connectivity index (χ1) is 49.9. The zero-order valence-corrected chi connectivity index (χ0v) is 64.5. The van der Waals surface area contributed by atoms with Crippen molar-refractivity contribution in [2.75, 3.05) is 65.0 Å². The number of nitrogens with two attached hydrogens (primary N) is 1. The number of hydrogen-bond acceptors (Lipinski definition) is 25. The van der Waals surface area contributed by atoms with Crippen LogP contribution in [0.3, 0.4) is 0 Å². The zero-order chi connectivity index (χ0) is 74.5. The number of thiophene rings is 3. The van der Waals surface area contributed by atoms with E-state index in [1.807, 2.05) is 34.6 Å². The predicted molar refractivity (Wildman–Crippen MR) is 418 cm³/mol. The molecule has 12 rings (SSSR count). The first-order valence-electron chi connectivity index (χ1n) is 34.3. The van der Waals surface area contributed by atoms with Crippen LogP contribution in [0.15, 0.2) is 89.7 Å². The molecule has 3 aliphatic rings. The molecule has 0 atom stereocenters. The maximum Gasteiger partial charge on any atom is 0.410 e. The van der Waals surface area contributed by atoms with Crippen molar-refractivity contribution >= 4 is 142 Å². The van der Waals surface area contributed by atoms with Crippen LogP contribution < -0.4 is 53.6 Å². The van der Waals surface area contributed by atoms with Crippen LogP contribution in [0.4, 0.5) is 36.9 Å². The molecule has 2 aliphatic heterocycles. The molecule has 12 N–H and O–H groups in total. The number of carboxylic acids is 1. The Labute approximate surface area is 628 Å². The van der Waals surface area contributed by atoms with Crippen LogP contribution in [-0.2, 0) is 57.9 Å². The van der Waals surface area contributed by atoms with Crippen LogP contribution in [0.5, 0.6) is 0 Å². The van der Waals surface area contributed by atoms with Crippen molar-refractivity contribution in [1.82, 2.24) is 56.1 Å². The summed E-state index contributed by atoms with van der Waals surface area (Å²) in [5.41, 5.74) is 13.5. The van der Waals surface area contributed by atoms with E-state index in [-0.39, 0.29) is 47.4 Å². The van der Waals surface area contributed by atoms with Gasteiger partial charge < -0.3 is 68.3 Å². The van der Waals surface area contributed by atoms with E-state index in [4.69, 9.17) is 10.5 Å². The van der Waals surface area contributed by atoms with E-state index in [1.54, 1.807) is 112 Å². The van der Waals surface area contributed by atoms with Gasteiger partial charge in [-0.25, -0.2) is 24.5 Å². The van der Waals surface area contributed by atoms with Crippen molar-refractivity contribution in [3.05, 3.63) is 138 Å². The molecule has 1 aliphatic carbocycles. The Bertz CT molecular complexity index is 4200. The molecule has 552 valence electrons. The second-order valence-electron chi connectivity index (χ2n) is 26.2. The third-order valence-corrected chi connectivity index (χ3v) is 21.7. The number of aryl methyl sites for hydroxylation is 1. The molecule has 9 aromatic rings. The summed E-state index contributed by atoms with van der Waals surface area (Å²) in [4.78, 5) is 117. The summed E-state index contributed by atoms with van der Waals surface area (Å²) >= 11 is 8.72. The predicted octanol–water partition coefficient (Wildman–Crippen LogP) is 13.1. The average molecular weight is 1530 g/mol. The number of amides is 6. The standard InChI is InChI=1S/C23H27N5O2S2.C22H26N6O2S2.C22H30N4O5S2.C5H6N2/c1-14(2)25-11-9-19(29)28-23-20(16-7-3-4-8-18(16)32-23)22-27-17(13-31-22)21(30)26-15-6-5-10-24-12-15;1-13(2)25-9-6-18(29)28-22-19(15-5-8-24-11-17(15)32-22)21-27-16(12-31-21)20(30)26-14-4-3-7-23-10-14;1-12(2)23-8-6-16(27)25-19-17(18-24-14(11-32-18)20(28)29)13-7-9-26(10-15(13)33-19)21(30)31-22(3,4)5;6-5-2-1-3-7-4-5/h5-6,10,12-14,25H,3-4,7-9,11H2,1-2H3,(H,26,30)(H,28,29);3-4,7,10,12-13,24-25H,5-6,8-9,11H2,1-2H3,(H,26,30)(H,28,29);11-12,23H,6-10H2,1-5H3,(H,25,27)(H,28,29);1-4H,6H2. The summed E-state index contributed by atoms with van der Waals surface area (Å²) in [7, 11) is 0. The Hall–Kier alpha value is -8.83. The second-order valence-corrected chi connectivity index (χ2v) is 32.1. The van der Waals surface area contributed by atoms with E-state index in [2.05, 4.69) is 105 Å². The monoisotopic (exact) mass is 1530 g/mol. The van der Waals surface area contributed by atoms with E-state index in [9.17, 15) is 38.7 Å². The van der Waals surface area contributed by atoms with Gasteiger partial charge in [0.25, 0.3) is 11.8 Å². The van der Waals surface area contributed by atoms with Gasteiger partial charge >= 0.3 is 12.1 Å². The van der Waals surface area contributed by atoms with Gasteiger partial charge in [-0.05, 0) is 119 Å². The lowest BCUT2D eigenvalue weighted by atomic mass is 9.95. The summed E-state index contributed by atoms with van der Waals surface area (Å²) in [5, 5.41) is 46.6. The van der Waals surface area contributed by atoms with E-state index in [0.29, 0.717) is 109 Å². The van der Waals surface area contributed by atoms with Gasteiger partial charge in [0.2, 0.25) is 17.7 Å². The second kappa shape index (κ2) is 38.3.